The first-order valence-electron chi connectivity index (χ1n) is 8.83. The lowest BCUT2D eigenvalue weighted by atomic mass is 10.1. The van der Waals surface area contributed by atoms with E-state index in [2.05, 4.69) is 9.71 Å². The van der Waals surface area contributed by atoms with E-state index in [-0.39, 0.29) is 11.7 Å². The number of sulfonamides is 1. The van der Waals surface area contributed by atoms with Gasteiger partial charge in [0.25, 0.3) is 5.91 Å². The molecular formula is C18H25N3O3S. The molecule has 1 saturated heterocycles. The Kier molecular flexibility index (Phi) is 5.03. The number of nitrogens with zero attached hydrogens (tertiary/aromatic N) is 1. The predicted octanol–water partition coefficient (Wildman–Crippen LogP) is 3.25. The van der Waals surface area contributed by atoms with Crippen LogP contribution < -0.4 is 4.72 Å². The summed E-state index contributed by atoms with van der Waals surface area (Å²) in [7, 11) is -3.34. The summed E-state index contributed by atoms with van der Waals surface area (Å²) in [5.74, 6) is 0.144. The first-order valence-corrected chi connectivity index (χ1v) is 10.5. The van der Waals surface area contributed by atoms with Gasteiger partial charge in [-0.1, -0.05) is 19.8 Å². The molecule has 0 unspecified atom stereocenters. The number of carbonyl (C=O) groups excluding carboxylic acids is 1. The fourth-order valence-corrected chi connectivity index (χ4v) is 4.23. The molecule has 0 aliphatic carbocycles. The summed E-state index contributed by atoms with van der Waals surface area (Å²) in [6.45, 7) is 5.54. The molecule has 7 heteroatoms. The zero-order valence-corrected chi connectivity index (χ0v) is 15.6. The lowest BCUT2D eigenvalue weighted by Gasteiger charge is -2.30. The minimum absolute atomic E-state index is 0.0154. The number of unbranched alkanes of at least 4 members (excludes halogenated alkanes) is 2. The standard InChI is InChI=1S/C18H25N3O3S/c1-3-4-5-11-25(23,24)20-14-7-8-16-15(12-14)13(2)17(19-16)18(22)21-9-6-10-21/h7-8,12,19-20H,3-6,9-11H2,1-2H3. The van der Waals surface area contributed by atoms with Crippen molar-refractivity contribution in [3.05, 3.63) is 29.5 Å². The third-order valence-electron chi connectivity index (χ3n) is 4.71. The molecule has 1 amide bonds. The summed E-state index contributed by atoms with van der Waals surface area (Å²) in [5.41, 5.74) is 2.83. The lowest BCUT2D eigenvalue weighted by Crippen LogP contribution is -2.42. The number of hydrogen-bond acceptors (Lipinski definition) is 3. The molecule has 1 aromatic carbocycles. The number of nitrogens with one attached hydrogen (secondary N) is 2. The molecule has 1 aliphatic rings. The summed E-state index contributed by atoms with van der Waals surface area (Å²) in [6, 6.07) is 5.35. The number of amides is 1. The lowest BCUT2D eigenvalue weighted by molar-refractivity contribution is 0.0646. The highest BCUT2D eigenvalue weighted by Crippen LogP contribution is 2.27. The van der Waals surface area contributed by atoms with Crippen molar-refractivity contribution in [2.75, 3.05) is 23.6 Å². The molecule has 0 bridgehead atoms. The van der Waals surface area contributed by atoms with Crippen molar-refractivity contribution < 1.29 is 13.2 Å². The van der Waals surface area contributed by atoms with Crippen molar-refractivity contribution in [2.24, 2.45) is 0 Å². The molecular weight excluding hydrogens is 338 g/mol. The van der Waals surface area contributed by atoms with E-state index < -0.39 is 10.0 Å². The van der Waals surface area contributed by atoms with E-state index >= 15 is 0 Å². The molecule has 0 atom stereocenters. The maximum atomic E-state index is 12.5. The van der Waals surface area contributed by atoms with Crippen LogP contribution >= 0.6 is 0 Å². The van der Waals surface area contributed by atoms with E-state index in [0.717, 1.165) is 48.8 Å². The zero-order chi connectivity index (χ0) is 18.0. The van der Waals surface area contributed by atoms with Crippen molar-refractivity contribution in [1.29, 1.82) is 0 Å². The van der Waals surface area contributed by atoms with Gasteiger partial charge in [-0.3, -0.25) is 9.52 Å². The molecule has 2 aromatic rings. The van der Waals surface area contributed by atoms with Crippen molar-refractivity contribution in [3.63, 3.8) is 0 Å². The molecule has 0 radical (unpaired) electrons. The number of fused-ring (bicyclic) bond motifs is 1. The molecule has 136 valence electrons. The zero-order valence-electron chi connectivity index (χ0n) is 14.8. The van der Waals surface area contributed by atoms with Crippen LogP contribution in [-0.2, 0) is 10.0 Å². The van der Waals surface area contributed by atoms with Gasteiger partial charge in [0.1, 0.15) is 5.69 Å². The number of aryl methyl sites for hydroxylation is 1. The van der Waals surface area contributed by atoms with E-state index in [1.807, 2.05) is 24.8 Å². The average Bonchev–Trinajstić information content (AvgIpc) is 2.82. The highest BCUT2D eigenvalue weighted by Gasteiger charge is 2.25. The third-order valence-corrected chi connectivity index (χ3v) is 6.08. The van der Waals surface area contributed by atoms with Crippen molar-refractivity contribution in [2.45, 2.75) is 39.5 Å². The van der Waals surface area contributed by atoms with E-state index in [1.54, 1.807) is 12.1 Å². The van der Waals surface area contributed by atoms with Crippen LogP contribution in [0, 0.1) is 6.92 Å². The fraction of sp³-hybridized carbons (Fsp3) is 0.500. The second-order valence-corrected chi connectivity index (χ2v) is 8.50. The minimum atomic E-state index is -3.34. The molecule has 3 rings (SSSR count). The molecule has 2 N–H and O–H groups in total. The molecule has 1 fully saturated rings. The summed E-state index contributed by atoms with van der Waals surface area (Å²) in [4.78, 5) is 17.5. The molecule has 25 heavy (non-hydrogen) atoms. The number of benzene rings is 1. The summed E-state index contributed by atoms with van der Waals surface area (Å²) >= 11 is 0. The van der Waals surface area contributed by atoms with Crippen LogP contribution in [-0.4, -0.2) is 43.1 Å². The van der Waals surface area contributed by atoms with Gasteiger partial charge in [-0.2, -0.15) is 0 Å². The van der Waals surface area contributed by atoms with Crippen LogP contribution in [0.3, 0.4) is 0 Å². The Morgan fingerprint density at radius 2 is 2.04 bits per heavy atom. The van der Waals surface area contributed by atoms with E-state index in [0.29, 0.717) is 17.8 Å². The number of likely N-dealkylation sites (tertiary alicyclic amines) is 1. The Morgan fingerprint density at radius 1 is 1.28 bits per heavy atom. The monoisotopic (exact) mass is 363 g/mol. The first-order chi connectivity index (χ1) is 11.9. The van der Waals surface area contributed by atoms with Gasteiger partial charge in [-0.15, -0.1) is 0 Å². The summed E-state index contributed by atoms with van der Waals surface area (Å²) in [5, 5.41) is 0.873. The maximum Gasteiger partial charge on any atom is 0.270 e. The number of hydrogen-bond donors (Lipinski definition) is 2. The maximum absolute atomic E-state index is 12.5. The molecule has 1 aliphatic heterocycles. The van der Waals surface area contributed by atoms with Gasteiger partial charge in [0.05, 0.1) is 5.75 Å². The third kappa shape index (κ3) is 3.81. The van der Waals surface area contributed by atoms with Gasteiger partial charge in [0.2, 0.25) is 10.0 Å². The Hall–Kier alpha value is -2.02. The highest BCUT2D eigenvalue weighted by atomic mass is 32.2. The van der Waals surface area contributed by atoms with Crippen LogP contribution in [0.1, 0.15) is 48.7 Å². The van der Waals surface area contributed by atoms with Gasteiger partial charge in [0.15, 0.2) is 0 Å². The average molecular weight is 363 g/mol. The number of H-pyrrole nitrogens is 1. The Bertz CT molecular complexity index is 882. The van der Waals surface area contributed by atoms with Crippen molar-refractivity contribution in [1.82, 2.24) is 9.88 Å². The Labute approximate surface area is 148 Å². The van der Waals surface area contributed by atoms with E-state index in [4.69, 9.17) is 0 Å². The molecule has 1 aromatic heterocycles. The second-order valence-electron chi connectivity index (χ2n) is 6.66. The quantitative estimate of drug-likeness (QED) is 0.741. The number of aromatic nitrogens is 1. The van der Waals surface area contributed by atoms with Crippen LogP contribution in [0.4, 0.5) is 5.69 Å². The van der Waals surface area contributed by atoms with Crippen molar-refractivity contribution in [3.8, 4) is 0 Å². The molecule has 0 saturated carbocycles. The minimum Gasteiger partial charge on any atom is -0.350 e. The predicted molar refractivity (Wildman–Crippen MR) is 100 cm³/mol. The molecule has 6 nitrogen and oxygen atoms in total. The Morgan fingerprint density at radius 3 is 2.68 bits per heavy atom. The Balaban J connectivity index is 1.82. The van der Waals surface area contributed by atoms with Crippen molar-refractivity contribution >= 4 is 32.5 Å². The van der Waals surface area contributed by atoms with Gasteiger partial charge in [0, 0.05) is 29.7 Å². The van der Waals surface area contributed by atoms with Gasteiger partial charge in [-0.05, 0) is 43.5 Å². The van der Waals surface area contributed by atoms with Gasteiger partial charge >= 0.3 is 0 Å². The van der Waals surface area contributed by atoms with Crippen LogP contribution in [0.25, 0.3) is 10.9 Å². The first kappa shape index (κ1) is 17.8. The number of anilines is 1. The number of aromatic amines is 1. The van der Waals surface area contributed by atoms with E-state index in [1.165, 1.54) is 0 Å². The SMILES string of the molecule is CCCCCS(=O)(=O)Nc1ccc2[nH]c(C(=O)N3CCC3)c(C)c2c1. The molecule has 0 spiro atoms. The summed E-state index contributed by atoms with van der Waals surface area (Å²) < 4.78 is 27.0. The largest absolute Gasteiger partial charge is 0.350 e. The fourth-order valence-electron chi connectivity index (χ4n) is 3.05. The smallest absolute Gasteiger partial charge is 0.270 e. The summed E-state index contributed by atoms with van der Waals surface area (Å²) in [6.07, 6.45) is 3.59. The highest BCUT2D eigenvalue weighted by molar-refractivity contribution is 7.92. The van der Waals surface area contributed by atoms with Gasteiger partial charge in [-0.25, -0.2) is 8.42 Å². The number of carbonyl (C=O) groups is 1. The second kappa shape index (κ2) is 7.07. The van der Waals surface area contributed by atoms with Crippen LogP contribution in [0.15, 0.2) is 18.2 Å². The normalized spacial score (nSPS) is 14.6. The molecule has 2 heterocycles. The number of rotatable bonds is 7. The topological polar surface area (TPSA) is 82.3 Å². The van der Waals surface area contributed by atoms with Crippen LogP contribution in [0.5, 0.6) is 0 Å². The van der Waals surface area contributed by atoms with E-state index in [9.17, 15) is 13.2 Å². The van der Waals surface area contributed by atoms with Gasteiger partial charge < -0.3 is 9.88 Å². The van der Waals surface area contributed by atoms with Crippen LogP contribution in [0.2, 0.25) is 0 Å².